The minimum atomic E-state index is 0.324. The van der Waals surface area contributed by atoms with Gasteiger partial charge in [-0.05, 0) is 23.3 Å². The number of anilines is 1. The third kappa shape index (κ3) is 2.37. The summed E-state index contributed by atoms with van der Waals surface area (Å²) in [5, 5.41) is 0. The van der Waals surface area contributed by atoms with E-state index in [4.69, 9.17) is 15.2 Å². The van der Waals surface area contributed by atoms with Gasteiger partial charge in [0.1, 0.15) is 5.75 Å². The average Bonchev–Trinajstić information content (AvgIpc) is 2.89. The number of ether oxygens (including phenoxy) is 2. The van der Waals surface area contributed by atoms with Crippen LogP contribution in [0.2, 0.25) is 0 Å². The number of nitrogens with two attached hydrogens (primary N) is 1. The van der Waals surface area contributed by atoms with Gasteiger partial charge in [-0.15, -0.1) is 0 Å². The molecule has 4 rings (SSSR count). The fourth-order valence-corrected chi connectivity index (χ4v) is 3.20. The highest BCUT2D eigenvalue weighted by molar-refractivity contribution is 5.53. The molecule has 0 aromatic heterocycles. The number of benzene rings is 2. The molecule has 4 heteroatoms. The van der Waals surface area contributed by atoms with Crippen molar-refractivity contribution in [2.75, 3.05) is 12.5 Å². The monoisotopic (exact) mass is 282 g/mol. The molecule has 4 nitrogen and oxygen atoms in total. The highest BCUT2D eigenvalue weighted by Gasteiger charge is 2.22. The van der Waals surface area contributed by atoms with E-state index in [1.54, 1.807) is 0 Å². The standard InChI is InChI=1S/C17H18N2O2/c18-16-5-14(17-15(6-16)10-20-11-21-17)9-19-7-12-3-1-2-4-13(12)8-19/h1-6H,7-11,18H2. The van der Waals surface area contributed by atoms with Crippen molar-refractivity contribution in [3.8, 4) is 5.75 Å². The van der Waals surface area contributed by atoms with Gasteiger partial charge in [0, 0.05) is 36.4 Å². The van der Waals surface area contributed by atoms with Crippen LogP contribution in [0.5, 0.6) is 5.75 Å². The molecule has 0 saturated carbocycles. The predicted molar refractivity (Wildman–Crippen MR) is 80.5 cm³/mol. The molecule has 2 N–H and O–H groups in total. The molecule has 0 unspecified atom stereocenters. The maximum atomic E-state index is 6.01. The summed E-state index contributed by atoms with van der Waals surface area (Å²) in [6, 6.07) is 12.6. The summed E-state index contributed by atoms with van der Waals surface area (Å²) in [5.74, 6) is 0.950. The molecule has 2 aromatic carbocycles. The Bertz CT molecular complexity index is 659. The topological polar surface area (TPSA) is 47.7 Å². The first-order valence-electron chi connectivity index (χ1n) is 7.20. The first-order chi connectivity index (χ1) is 10.3. The molecule has 21 heavy (non-hydrogen) atoms. The van der Waals surface area contributed by atoms with Crippen LogP contribution < -0.4 is 10.5 Å². The number of rotatable bonds is 2. The van der Waals surface area contributed by atoms with Crippen molar-refractivity contribution < 1.29 is 9.47 Å². The molecule has 0 fully saturated rings. The van der Waals surface area contributed by atoms with Gasteiger partial charge in [0.2, 0.25) is 0 Å². The van der Waals surface area contributed by atoms with E-state index in [1.165, 1.54) is 11.1 Å². The Balaban J connectivity index is 1.60. The summed E-state index contributed by atoms with van der Waals surface area (Å²) in [5.41, 5.74) is 11.8. The second-order valence-corrected chi connectivity index (χ2v) is 5.69. The Morgan fingerprint density at radius 1 is 1.05 bits per heavy atom. The smallest absolute Gasteiger partial charge is 0.189 e. The summed E-state index contributed by atoms with van der Waals surface area (Å²) < 4.78 is 11.0. The number of nitrogens with zero attached hydrogens (tertiary/aromatic N) is 1. The van der Waals surface area contributed by atoms with Gasteiger partial charge in [-0.25, -0.2) is 0 Å². The summed E-state index contributed by atoms with van der Waals surface area (Å²) in [4.78, 5) is 2.42. The fraction of sp³-hybridized carbons (Fsp3) is 0.294. The van der Waals surface area contributed by atoms with E-state index in [9.17, 15) is 0 Å². The van der Waals surface area contributed by atoms with Crippen molar-refractivity contribution in [3.05, 3.63) is 58.7 Å². The van der Waals surface area contributed by atoms with Crippen molar-refractivity contribution in [3.63, 3.8) is 0 Å². The van der Waals surface area contributed by atoms with Crippen molar-refractivity contribution in [1.29, 1.82) is 0 Å². The number of fused-ring (bicyclic) bond motifs is 2. The van der Waals surface area contributed by atoms with Crippen molar-refractivity contribution in [2.45, 2.75) is 26.2 Å². The molecule has 0 saturated heterocycles. The fourth-order valence-electron chi connectivity index (χ4n) is 3.20. The highest BCUT2D eigenvalue weighted by Crippen LogP contribution is 2.33. The van der Waals surface area contributed by atoms with Crippen LogP contribution in [-0.4, -0.2) is 11.7 Å². The molecule has 2 aliphatic rings. The van der Waals surface area contributed by atoms with E-state index in [1.807, 2.05) is 12.1 Å². The van der Waals surface area contributed by atoms with Crippen LogP contribution >= 0.6 is 0 Å². The lowest BCUT2D eigenvalue weighted by Gasteiger charge is -2.23. The molecule has 0 spiro atoms. The third-order valence-corrected chi connectivity index (χ3v) is 4.11. The normalized spacial score (nSPS) is 17.1. The lowest BCUT2D eigenvalue weighted by Crippen LogP contribution is -2.19. The molecule has 2 aliphatic heterocycles. The molecule has 2 aromatic rings. The zero-order chi connectivity index (χ0) is 14.2. The Morgan fingerprint density at radius 2 is 1.81 bits per heavy atom. The Kier molecular flexibility index (Phi) is 3.05. The lowest BCUT2D eigenvalue weighted by molar-refractivity contribution is -0.0174. The second-order valence-electron chi connectivity index (χ2n) is 5.69. The van der Waals surface area contributed by atoms with Crippen molar-refractivity contribution in [2.24, 2.45) is 0 Å². The van der Waals surface area contributed by atoms with Crippen molar-refractivity contribution in [1.82, 2.24) is 4.90 Å². The minimum Gasteiger partial charge on any atom is -0.467 e. The maximum Gasteiger partial charge on any atom is 0.189 e. The molecule has 0 aliphatic carbocycles. The van der Waals surface area contributed by atoms with Gasteiger partial charge in [-0.3, -0.25) is 4.90 Å². The number of hydrogen-bond acceptors (Lipinski definition) is 4. The molecular formula is C17H18N2O2. The van der Waals surface area contributed by atoms with E-state index < -0.39 is 0 Å². The third-order valence-electron chi connectivity index (χ3n) is 4.11. The predicted octanol–water partition coefficient (Wildman–Crippen LogP) is 2.65. The Labute approximate surface area is 124 Å². The van der Waals surface area contributed by atoms with E-state index in [0.717, 1.165) is 42.2 Å². The van der Waals surface area contributed by atoms with Gasteiger partial charge in [0.25, 0.3) is 0 Å². The Hall–Kier alpha value is -2.04. The SMILES string of the molecule is Nc1cc2c(c(CN3Cc4ccccc4C3)c1)OCOC2. The van der Waals surface area contributed by atoms with Gasteiger partial charge >= 0.3 is 0 Å². The van der Waals surface area contributed by atoms with Gasteiger partial charge in [-0.1, -0.05) is 24.3 Å². The van der Waals surface area contributed by atoms with Gasteiger partial charge in [0.05, 0.1) is 6.61 Å². The van der Waals surface area contributed by atoms with Crippen LogP contribution in [0.25, 0.3) is 0 Å². The van der Waals surface area contributed by atoms with Gasteiger partial charge in [0.15, 0.2) is 6.79 Å². The molecular weight excluding hydrogens is 264 g/mol. The molecule has 108 valence electrons. The molecule has 2 heterocycles. The van der Waals surface area contributed by atoms with E-state index >= 15 is 0 Å². The molecule has 0 atom stereocenters. The van der Waals surface area contributed by atoms with Crippen LogP contribution in [0.3, 0.4) is 0 Å². The van der Waals surface area contributed by atoms with Crippen LogP contribution in [-0.2, 0) is 31.0 Å². The quantitative estimate of drug-likeness (QED) is 0.860. The largest absolute Gasteiger partial charge is 0.467 e. The summed E-state index contributed by atoms with van der Waals surface area (Å²) in [7, 11) is 0. The zero-order valence-corrected chi connectivity index (χ0v) is 11.8. The van der Waals surface area contributed by atoms with Crippen LogP contribution in [0, 0.1) is 0 Å². The summed E-state index contributed by atoms with van der Waals surface area (Å²) in [6.07, 6.45) is 0. The number of nitrogen functional groups attached to an aromatic ring is 1. The van der Waals surface area contributed by atoms with Gasteiger partial charge in [-0.2, -0.15) is 0 Å². The van der Waals surface area contributed by atoms with Crippen LogP contribution in [0.15, 0.2) is 36.4 Å². The first-order valence-corrected chi connectivity index (χ1v) is 7.20. The maximum absolute atomic E-state index is 6.01. The Morgan fingerprint density at radius 3 is 2.57 bits per heavy atom. The first kappa shape index (κ1) is 12.7. The van der Waals surface area contributed by atoms with E-state index in [0.29, 0.717) is 13.4 Å². The van der Waals surface area contributed by atoms with Crippen molar-refractivity contribution >= 4 is 5.69 Å². The molecule has 0 bridgehead atoms. The van der Waals surface area contributed by atoms with E-state index in [2.05, 4.69) is 29.2 Å². The number of hydrogen-bond donors (Lipinski definition) is 1. The lowest BCUT2D eigenvalue weighted by atomic mass is 10.1. The van der Waals surface area contributed by atoms with Crippen LogP contribution in [0.1, 0.15) is 22.3 Å². The summed E-state index contributed by atoms with van der Waals surface area (Å²) >= 11 is 0. The molecule has 0 radical (unpaired) electrons. The van der Waals surface area contributed by atoms with Gasteiger partial charge < -0.3 is 15.2 Å². The minimum absolute atomic E-state index is 0.324. The zero-order valence-electron chi connectivity index (χ0n) is 11.8. The highest BCUT2D eigenvalue weighted by atomic mass is 16.7. The van der Waals surface area contributed by atoms with Crippen LogP contribution in [0.4, 0.5) is 5.69 Å². The summed E-state index contributed by atoms with van der Waals surface area (Å²) in [6.45, 7) is 3.71. The molecule has 0 amide bonds. The van der Waals surface area contributed by atoms with E-state index in [-0.39, 0.29) is 0 Å². The average molecular weight is 282 g/mol. The second kappa shape index (κ2) is 5.06.